The van der Waals surface area contributed by atoms with E-state index in [1.807, 2.05) is 0 Å². The molecule has 6 aromatic carbocycles. The van der Waals surface area contributed by atoms with E-state index in [-0.39, 0.29) is 59.4 Å². The van der Waals surface area contributed by atoms with Crippen molar-refractivity contribution in [2.45, 2.75) is 56.8 Å². The van der Waals surface area contributed by atoms with Gasteiger partial charge in [-0.2, -0.15) is 35.1 Å². The Balaban J connectivity index is 0.000000224. The number of nitrogens with zero attached hydrogens (tertiary/aromatic N) is 2. The highest BCUT2D eigenvalue weighted by Gasteiger charge is 2.46. The van der Waals surface area contributed by atoms with E-state index >= 15 is 0 Å². The number of fused-ring (bicyclic) bond motifs is 2. The third-order valence-corrected chi connectivity index (χ3v) is 11.0. The standard InChI is InChI=1S/C26H20F7NO5.C25H18F7NO5/c1-2-36-24(35)34-20-11-5-10-19(15-6-3-9-18(12-15)39-26(31,32)33)22(20)37-14-21(34)16-7-4-8-17(13-16)38-25(29,30)23(27)28;1-35-23(34)33-19-10-4-9-18(14-5-2-8-17(11-14)38-25(30,31)32)21(19)36-13-20(33)15-6-3-7-16(12-15)37-24(28,29)22(26)27/h3-13,21,23H,2,14H2,1H3;2-12,20,22H,13H2,1H3. The van der Waals surface area contributed by atoms with Gasteiger partial charge in [-0.3, -0.25) is 9.80 Å². The van der Waals surface area contributed by atoms with E-state index in [0.29, 0.717) is 16.7 Å². The molecule has 0 fully saturated rings. The van der Waals surface area contributed by atoms with Crippen LogP contribution in [0.25, 0.3) is 22.3 Å². The first-order chi connectivity index (χ1) is 36.3. The van der Waals surface area contributed by atoms with E-state index in [1.54, 1.807) is 19.1 Å². The molecule has 6 aromatic rings. The van der Waals surface area contributed by atoms with E-state index in [0.717, 1.165) is 60.5 Å². The maximum atomic E-state index is 13.5. The molecule has 2 aliphatic heterocycles. The number of benzene rings is 6. The number of methoxy groups -OCH3 is 1. The van der Waals surface area contributed by atoms with Crippen molar-refractivity contribution in [1.29, 1.82) is 0 Å². The molecule has 410 valence electrons. The van der Waals surface area contributed by atoms with Crippen LogP contribution in [-0.4, -0.2) is 76.9 Å². The second kappa shape index (κ2) is 22.9. The summed E-state index contributed by atoms with van der Waals surface area (Å²) in [5, 5.41) is 0. The molecule has 0 N–H and O–H groups in total. The van der Waals surface area contributed by atoms with Gasteiger partial charge in [0, 0.05) is 11.1 Å². The maximum absolute atomic E-state index is 13.5. The lowest BCUT2D eigenvalue weighted by molar-refractivity contribution is -0.275. The van der Waals surface area contributed by atoms with Gasteiger partial charge in [0.05, 0.1) is 37.2 Å². The van der Waals surface area contributed by atoms with Crippen molar-refractivity contribution >= 4 is 23.6 Å². The van der Waals surface area contributed by atoms with Crippen LogP contribution >= 0.6 is 0 Å². The van der Waals surface area contributed by atoms with Crippen LogP contribution in [0.5, 0.6) is 34.5 Å². The van der Waals surface area contributed by atoms with Crippen LogP contribution in [0.1, 0.15) is 30.1 Å². The molecular weight excluding hydrogens is 1070 g/mol. The number of carbonyl (C=O) groups is 2. The Hall–Kier alpha value is -8.32. The molecule has 0 bridgehead atoms. The summed E-state index contributed by atoms with van der Waals surface area (Å²) in [4.78, 5) is 28.2. The monoisotopic (exact) mass is 1100 g/mol. The fourth-order valence-corrected chi connectivity index (χ4v) is 7.93. The number of hydrogen-bond acceptors (Lipinski definition) is 10. The Morgan fingerprint density at radius 1 is 0.519 bits per heavy atom. The zero-order valence-electron chi connectivity index (χ0n) is 39.4. The molecule has 2 amide bonds. The summed E-state index contributed by atoms with van der Waals surface area (Å²) in [6, 6.07) is 27.2. The minimum atomic E-state index is -4.91. The van der Waals surface area contributed by atoms with Crippen LogP contribution < -0.4 is 38.2 Å². The van der Waals surface area contributed by atoms with Crippen molar-refractivity contribution in [3.05, 3.63) is 145 Å². The van der Waals surface area contributed by atoms with Gasteiger partial charge in [0.1, 0.15) is 36.2 Å². The summed E-state index contributed by atoms with van der Waals surface area (Å²) in [5.74, 6) is -1.80. The van der Waals surface area contributed by atoms with E-state index in [9.17, 15) is 71.1 Å². The zero-order valence-corrected chi connectivity index (χ0v) is 39.4. The Labute approximate surface area is 426 Å². The topological polar surface area (TPSA) is 114 Å². The predicted molar refractivity (Wildman–Crippen MR) is 244 cm³/mol. The van der Waals surface area contributed by atoms with Gasteiger partial charge in [0.2, 0.25) is 0 Å². The summed E-state index contributed by atoms with van der Waals surface area (Å²) < 4.78 is 219. The normalized spacial score (nSPS) is 15.5. The molecule has 2 unspecified atom stereocenters. The number of para-hydroxylation sites is 2. The number of anilines is 2. The first kappa shape index (κ1) is 56.4. The third kappa shape index (κ3) is 13.6. The quantitative estimate of drug-likeness (QED) is 0.104. The Morgan fingerprint density at radius 3 is 1.25 bits per heavy atom. The van der Waals surface area contributed by atoms with Crippen molar-refractivity contribution in [3.8, 4) is 56.8 Å². The first-order valence-corrected chi connectivity index (χ1v) is 22.3. The number of alkyl halides is 14. The minimum absolute atomic E-state index is 0.0154. The number of halogens is 14. The number of ether oxygens (including phenoxy) is 8. The molecular formula is C51H38F14N2O10. The average Bonchev–Trinajstić information content (AvgIpc) is 3.40. The van der Waals surface area contributed by atoms with Gasteiger partial charge in [-0.1, -0.05) is 72.8 Å². The average molecular weight is 1100 g/mol. The lowest BCUT2D eigenvalue weighted by Gasteiger charge is -2.37. The fraction of sp³-hybridized carbons (Fsp3) is 0.255. The summed E-state index contributed by atoms with van der Waals surface area (Å²) in [5.41, 5.74) is 2.00. The van der Waals surface area contributed by atoms with Crippen LogP contribution in [0, 0.1) is 0 Å². The summed E-state index contributed by atoms with van der Waals surface area (Å²) in [6.07, 6.45) is -29.1. The smallest absolute Gasteiger partial charge is 0.488 e. The van der Waals surface area contributed by atoms with Crippen molar-refractivity contribution in [1.82, 2.24) is 0 Å². The highest BCUT2D eigenvalue weighted by Crippen LogP contribution is 2.49. The van der Waals surface area contributed by atoms with Crippen molar-refractivity contribution < 1.29 is 109 Å². The summed E-state index contributed by atoms with van der Waals surface area (Å²) in [6.45, 7) is 1.07. The molecule has 2 heterocycles. The van der Waals surface area contributed by atoms with E-state index in [1.165, 1.54) is 77.7 Å². The number of rotatable bonds is 13. The van der Waals surface area contributed by atoms with Gasteiger partial charge in [-0.25, -0.2) is 9.59 Å². The van der Waals surface area contributed by atoms with Crippen molar-refractivity contribution in [2.75, 3.05) is 36.7 Å². The number of hydrogen-bond donors (Lipinski definition) is 0. The molecule has 0 saturated carbocycles. The second-order valence-corrected chi connectivity index (χ2v) is 16.1. The molecule has 2 atom stereocenters. The molecule has 2 aliphatic rings. The van der Waals surface area contributed by atoms with Crippen LogP contribution in [-0.2, 0) is 9.47 Å². The molecule has 77 heavy (non-hydrogen) atoms. The van der Waals surface area contributed by atoms with Gasteiger partial charge in [-0.05, 0) is 89.8 Å². The van der Waals surface area contributed by atoms with Gasteiger partial charge in [0.25, 0.3) is 0 Å². The third-order valence-electron chi connectivity index (χ3n) is 11.0. The first-order valence-electron chi connectivity index (χ1n) is 22.3. The van der Waals surface area contributed by atoms with Crippen molar-refractivity contribution in [2.24, 2.45) is 0 Å². The van der Waals surface area contributed by atoms with Crippen LogP contribution in [0.15, 0.2) is 133 Å². The van der Waals surface area contributed by atoms with Crippen LogP contribution in [0.3, 0.4) is 0 Å². The highest BCUT2D eigenvalue weighted by atomic mass is 19.4. The van der Waals surface area contributed by atoms with Gasteiger partial charge >= 0.3 is 50.0 Å². The van der Waals surface area contributed by atoms with Crippen molar-refractivity contribution in [3.63, 3.8) is 0 Å². The zero-order chi connectivity index (χ0) is 56.0. The molecule has 8 rings (SSSR count). The summed E-state index contributed by atoms with van der Waals surface area (Å²) >= 11 is 0. The van der Waals surface area contributed by atoms with E-state index < -0.39 is 85.1 Å². The van der Waals surface area contributed by atoms with E-state index in [4.69, 9.17) is 18.9 Å². The maximum Gasteiger partial charge on any atom is 0.573 e. The SMILES string of the molecule is CCOC(=O)N1c2cccc(-c3cccc(OC(F)(F)F)c3)c2OCC1c1cccc(OC(F)(F)C(F)F)c1.COC(=O)N1c2cccc(-c3cccc(OC(F)(F)F)c3)c2OCC1c1cccc(OC(F)(F)C(F)F)c1. The van der Waals surface area contributed by atoms with Gasteiger partial charge < -0.3 is 37.9 Å². The lowest BCUT2D eigenvalue weighted by atomic mass is 9.99. The largest absolute Gasteiger partial charge is 0.573 e. The molecule has 0 radical (unpaired) electrons. The molecule has 26 heteroatoms. The Kier molecular flexibility index (Phi) is 16.8. The van der Waals surface area contributed by atoms with Gasteiger partial charge in [-0.15, -0.1) is 26.3 Å². The highest BCUT2D eigenvalue weighted by molar-refractivity contribution is 5.95. The molecule has 12 nitrogen and oxygen atoms in total. The van der Waals surface area contributed by atoms with E-state index in [2.05, 4.69) is 18.9 Å². The Morgan fingerprint density at radius 2 is 0.883 bits per heavy atom. The second-order valence-electron chi connectivity index (χ2n) is 16.1. The van der Waals surface area contributed by atoms with Crippen LogP contribution in [0.4, 0.5) is 82.4 Å². The molecule has 0 spiro atoms. The molecule has 0 saturated heterocycles. The van der Waals surface area contributed by atoms with Gasteiger partial charge in [0.15, 0.2) is 11.5 Å². The number of amides is 2. The lowest BCUT2D eigenvalue weighted by Crippen LogP contribution is -2.41. The molecule has 0 aliphatic carbocycles. The number of carbonyl (C=O) groups excluding carboxylic acids is 2. The Bertz CT molecular complexity index is 3050. The summed E-state index contributed by atoms with van der Waals surface area (Å²) in [7, 11) is 1.11. The molecule has 0 aromatic heterocycles. The predicted octanol–water partition coefficient (Wildman–Crippen LogP) is 14.8. The minimum Gasteiger partial charge on any atom is -0.488 e. The van der Waals surface area contributed by atoms with Crippen LogP contribution in [0.2, 0.25) is 0 Å². The fourth-order valence-electron chi connectivity index (χ4n) is 7.93.